The van der Waals surface area contributed by atoms with Gasteiger partial charge in [0.25, 0.3) is 5.91 Å². The third kappa shape index (κ3) is 5.45. The van der Waals surface area contributed by atoms with Crippen molar-refractivity contribution in [3.8, 4) is 5.75 Å². The van der Waals surface area contributed by atoms with E-state index in [1.807, 2.05) is 0 Å². The minimum atomic E-state index is -1.13. The fourth-order valence-corrected chi connectivity index (χ4v) is 3.15. The van der Waals surface area contributed by atoms with Crippen LogP contribution in [0.25, 0.3) is 0 Å². The zero-order valence-electron chi connectivity index (χ0n) is 15.1. The van der Waals surface area contributed by atoms with Crippen molar-refractivity contribution in [3.05, 3.63) is 63.7 Å². The minimum absolute atomic E-state index is 0.0939. The van der Waals surface area contributed by atoms with Gasteiger partial charge in [0.1, 0.15) is 11.8 Å². The highest BCUT2D eigenvalue weighted by atomic mass is 35.5. The number of carboxylic acid groups (broad SMARTS) is 1. The average molecular weight is 392 g/mol. The molecular weight excluding hydrogens is 370 g/mol. The second-order valence-electron chi connectivity index (χ2n) is 6.45. The summed E-state index contributed by atoms with van der Waals surface area (Å²) < 4.78 is 0. The van der Waals surface area contributed by atoms with E-state index in [0.717, 1.165) is 5.56 Å². The predicted molar refractivity (Wildman–Crippen MR) is 102 cm³/mol. The second kappa shape index (κ2) is 8.88. The molecule has 0 bridgehead atoms. The number of halogens is 1. The lowest BCUT2D eigenvalue weighted by Gasteiger charge is -2.15. The van der Waals surface area contributed by atoms with Crippen LogP contribution in [0.5, 0.6) is 5.75 Å². The van der Waals surface area contributed by atoms with E-state index in [0.29, 0.717) is 24.0 Å². The Kier molecular flexibility index (Phi) is 6.82. The molecule has 0 aliphatic carbocycles. The molecule has 27 heavy (non-hydrogen) atoms. The lowest BCUT2D eigenvalue weighted by atomic mass is 9.98. The van der Waals surface area contributed by atoms with Crippen LogP contribution in [0, 0.1) is 6.92 Å². The molecule has 1 amide bonds. The molecule has 144 valence electrons. The molecular formula is C20H22ClNO5. The number of phenols is 1. The zero-order valence-corrected chi connectivity index (χ0v) is 15.8. The first-order valence-electron chi connectivity index (χ1n) is 8.48. The maximum absolute atomic E-state index is 12.3. The molecule has 2 rings (SSSR count). The van der Waals surface area contributed by atoms with Crippen molar-refractivity contribution in [3.63, 3.8) is 0 Å². The number of aliphatic hydroxyl groups excluding tert-OH is 1. The molecule has 0 aliphatic rings. The van der Waals surface area contributed by atoms with Crippen molar-refractivity contribution in [2.75, 3.05) is 0 Å². The number of hydrogen-bond donors (Lipinski definition) is 4. The van der Waals surface area contributed by atoms with Crippen molar-refractivity contribution >= 4 is 23.5 Å². The first-order chi connectivity index (χ1) is 12.7. The molecule has 0 fully saturated rings. The largest absolute Gasteiger partial charge is 0.508 e. The number of carbonyl (C=O) groups is 2. The van der Waals surface area contributed by atoms with E-state index in [1.54, 1.807) is 31.2 Å². The highest BCUT2D eigenvalue weighted by Gasteiger charge is 2.20. The number of carboxylic acids is 1. The summed E-state index contributed by atoms with van der Waals surface area (Å²) in [6.07, 6.45) is 0.196. The van der Waals surface area contributed by atoms with Crippen LogP contribution >= 0.6 is 11.6 Å². The van der Waals surface area contributed by atoms with Crippen LogP contribution < -0.4 is 5.32 Å². The Morgan fingerprint density at radius 1 is 1.22 bits per heavy atom. The van der Waals surface area contributed by atoms with Gasteiger partial charge in [-0.25, -0.2) is 0 Å². The number of aryl methyl sites for hydroxylation is 2. The van der Waals surface area contributed by atoms with Gasteiger partial charge in [0.2, 0.25) is 0 Å². The number of hydrogen-bond acceptors (Lipinski definition) is 4. The molecule has 0 radical (unpaired) electrons. The molecule has 0 saturated heterocycles. The van der Waals surface area contributed by atoms with E-state index in [4.69, 9.17) is 16.7 Å². The van der Waals surface area contributed by atoms with Crippen LogP contribution in [0.15, 0.2) is 36.4 Å². The standard InChI is InChI=1S/C20H22ClNO5/c1-11-8-13(6-7-17(24)14-4-3-5-15(23)10-14)9-16(21)18(11)19(25)22-12(2)20(26)27/h3-5,8-10,12,17,23-24H,6-7H2,1-2H3,(H,22,25)(H,26,27)/t12-,17?/m0/s1. The molecule has 2 atom stereocenters. The van der Waals surface area contributed by atoms with Crippen LogP contribution in [0.1, 0.15) is 46.5 Å². The summed E-state index contributed by atoms with van der Waals surface area (Å²) in [4.78, 5) is 23.2. The number of phenolic OH excluding ortho intramolecular Hbond substituents is 1. The van der Waals surface area contributed by atoms with Crippen molar-refractivity contribution in [2.45, 2.75) is 38.8 Å². The number of aliphatic hydroxyl groups is 1. The number of amides is 1. The highest BCUT2D eigenvalue weighted by molar-refractivity contribution is 6.34. The van der Waals surface area contributed by atoms with E-state index in [-0.39, 0.29) is 16.3 Å². The smallest absolute Gasteiger partial charge is 0.325 e. The maximum Gasteiger partial charge on any atom is 0.325 e. The molecule has 0 saturated carbocycles. The molecule has 4 N–H and O–H groups in total. The van der Waals surface area contributed by atoms with Gasteiger partial charge in [0, 0.05) is 0 Å². The first-order valence-corrected chi connectivity index (χ1v) is 8.86. The fraction of sp³-hybridized carbons (Fsp3) is 0.300. The third-order valence-corrected chi connectivity index (χ3v) is 4.55. The zero-order chi connectivity index (χ0) is 20.1. The Labute approximate surface area is 162 Å². The average Bonchev–Trinajstić information content (AvgIpc) is 2.58. The summed E-state index contributed by atoms with van der Waals surface area (Å²) in [7, 11) is 0. The van der Waals surface area contributed by atoms with Gasteiger partial charge in [-0.05, 0) is 61.6 Å². The Balaban J connectivity index is 2.09. The van der Waals surface area contributed by atoms with Gasteiger partial charge in [-0.3, -0.25) is 9.59 Å². The van der Waals surface area contributed by atoms with Gasteiger partial charge in [0.05, 0.1) is 16.7 Å². The Bertz CT molecular complexity index is 829. The van der Waals surface area contributed by atoms with Gasteiger partial charge >= 0.3 is 5.97 Å². The lowest BCUT2D eigenvalue weighted by Crippen LogP contribution is -2.38. The topological polar surface area (TPSA) is 107 Å². The summed E-state index contributed by atoms with van der Waals surface area (Å²) in [6, 6.07) is 8.87. The molecule has 0 spiro atoms. The molecule has 0 aliphatic heterocycles. The van der Waals surface area contributed by atoms with Gasteiger partial charge < -0.3 is 20.6 Å². The van der Waals surface area contributed by atoms with Crippen molar-refractivity contribution in [2.24, 2.45) is 0 Å². The predicted octanol–water partition coefficient (Wildman–Crippen LogP) is 3.22. The number of carbonyl (C=O) groups excluding carboxylic acids is 1. The summed E-state index contributed by atoms with van der Waals surface area (Å²) in [6.45, 7) is 3.10. The van der Waals surface area contributed by atoms with Crippen LogP contribution in [-0.4, -0.2) is 33.2 Å². The summed E-state index contributed by atoms with van der Waals surface area (Å²) in [5.74, 6) is -1.58. The van der Waals surface area contributed by atoms with Crippen LogP contribution in [0.4, 0.5) is 0 Å². The van der Waals surface area contributed by atoms with Gasteiger partial charge in [-0.2, -0.15) is 0 Å². The van der Waals surface area contributed by atoms with Crippen LogP contribution in [0.2, 0.25) is 5.02 Å². The van der Waals surface area contributed by atoms with E-state index in [1.165, 1.54) is 19.1 Å². The summed E-state index contributed by atoms with van der Waals surface area (Å²) in [5.41, 5.74) is 2.33. The van der Waals surface area contributed by atoms with Crippen molar-refractivity contribution < 1.29 is 24.9 Å². The number of rotatable bonds is 7. The van der Waals surface area contributed by atoms with E-state index >= 15 is 0 Å². The minimum Gasteiger partial charge on any atom is -0.508 e. The van der Waals surface area contributed by atoms with Gasteiger partial charge in [0.15, 0.2) is 0 Å². The van der Waals surface area contributed by atoms with Crippen LogP contribution in [-0.2, 0) is 11.2 Å². The molecule has 0 aromatic heterocycles. The maximum atomic E-state index is 12.3. The molecule has 6 nitrogen and oxygen atoms in total. The number of benzene rings is 2. The second-order valence-corrected chi connectivity index (χ2v) is 6.86. The quantitative estimate of drug-likeness (QED) is 0.579. The summed E-state index contributed by atoms with van der Waals surface area (Å²) in [5, 5.41) is 31.3. The number of nitrogens with one attached hydrogen (secondary N) is 1. The van der Waals surface area contributed by atoms with Gasteiger partial charge in [-0.1, -0.05) is 29.8 Å². The van der Waals surface area contributed by atoms with Crippen LogP contribution in [0.3, 0.4) is 0 Å². The van der Waals surface area contributed by atoms with Crippen molar-refractivity contribution in [1.82, 2.24) is 5.32 Å². The SMILES string of the molecule is Cc1cc(CCC(O)c2cccc(O)c2)cc(Cl)c1C(=O)N[C@@H](C)C(=O)O. The van der Waals surface area contributed by atoms with E-state index < -0.39 is 24.0 Å². The Morgan fingerprint density at radius 2 is 1.93 bits per heavy atom. The Morgan fingerprint density at radius 3 is 2.52 bits per heavy atom. The van der Waals surface area contributed by atoms with Crippen molar-refractivity contribution in [1.29, 1.82) is 0 Å². The first kappa shape index (κ1) is 20.7. The van der Waals surface area contributed by atoms with E-state index in [2.05, 4.69) is 5.32 Å². The fourth-order valence-electron chi connectivity index (χ4n) is 2.78. The van der Waals surface area contributed by atoms with Gasteiger partial charge in [-0.15, -0.1) is 0 Å². The molecule has 1 unspecified atom stereocenters. The molecule has 2 aromatic carbocycles. The molecule has 0 heterocycles. The molecule has 7 heteroatoms. The normalized spacial score (nSPS) is 13.0. The number of aliphatic carboxylic acids is 1. The molecule has 2 aromatic rings. The third-order valence-electron chi connectivity index (χ3n) is 4.25. The lowest BCUT2D eigenvalue weighted by molar-refractivity contribution is -0.138. The Hall–Kier alpha value is -2.57. The van der Waals surface area contributed by atoms with E-state index in [9.17, 15) is 19.8 Å². The highest BCUT2D eigenvalue weighted by Crippen LogP contribution is 2.26. The summed E-state index contributed by atoms with van der Waals surface area (Å²) >= 11 is 6.24. The number of aromatic hydroxyl groups is 1. The monoisotopic (exact) mass is 391 g/mol.